The number of hydrogen-bond donors (Lipinski definition) is 0. The number of rotatable bonds is 1. The molecule has 0 atom stereocenters. The molecule has 0 saturated heterocycles. The standard InChI is InChI=1S/C16H13ClSe/c1-10-7-13-9-16(18-15(13)8-11(10)2)12-3-5-14(17)6-4-12/h3-9H,1-2H3. The van der Waals surface area contributed by atoms with E-state index in [2.05, 4.69) is 44.2 Å². The van der Waals surface area contributed by atoms with Crippen molar-refractivity contribution in [3.63, 3.8) is 0 Å². The molecule has 0 unspecified atom stereocenters. The molecule has 0 bridgehead atoms. The molecule has 0 aliphatic heterocycles. The molecular weight excluding hydrogens is 307 g/mol. The summed E-state index contributed by atoms with van der Waals surface area (Å²) in [7, 11) is 0. The predicted octanol–water partition coefficient (Wildman–Crippen LogP) is 4.83. The molecule has 2 heteroatoms. The van der Waals surface area contributed by atoms with Crippen molar-refractivity contribution < 1.29 is 0 Å². The summed E-state index contributed by atoms with van der Waals surface area (Å²) in [6.45, 7) is 4.36. The van der Waals surface area contributed by atoms with Crippen LogP contribution >= 0.6 is 11.6 Å². The molecule has 0 aliphatic rings. The van der Waals surface area contributed by atoms with Crippen LogP contribution in [0.15, 0.2) is 42.5 Å². The van der Waals surface area contributed by atoms with E-state index < -0.39 is 0 Å². The van der Waals surface area contributed by atoms with Gasteiger partial charge in [0.1, 0.15) is 0 Å². The Bertz CT molecular complexity index is 669. The molecule has 0 fully saturated rings. The van der Waals surface area contributed by atoms with Crippen molar-refractivity contribution in [2.45, 2.75) is 13.8 Å². The Kier molecular flexibility index (Phi) is 3.07. The second kappa shape index (κ2) is 4.59. The van der Waals surface area contributed by atoms with E-state index in [1.807, 2.05) is 12.1 Å². The van der Waals surface area contributed by atoms with Gasteiger partial charge in [-0.05, 0) is 0 Å². The van der Waals surface area contributed by atoms with Crippen molar-refractivity contribution in [1.82, 2.24) is 0 Å². The van der Waals surface area contributed by atoms with Crippen molar-refractivity contribution in [2.75, 3.05) is 0 Å². The SMILES string of the molecule is Cc1cc2cc(-c3ccc(Cl)cc3)[se]c2cc1C. The first-order valence-electron chi connectivity index (χ1n) is 5.90. The van der Waals surface area contributed by atoms with Crippen molar-refractivity contribution in [2.24, 2.45) is 0 Å². The van der Waals surface area contributed by atoms with E-state index in [9.17, 15) is 0 Å². The first-order chi connectivity index (χ1) is 8.63. The molecule has 0 amide bonds. The summed E-state index contributed by atoms with van der Waals surface area (Å²) in [5, 5.41) is 2.19. The number of aryl methyl sites for hydroxylation is 2. The fourth-order valence-electron chi connectivity index (χ4n) is 2.06. The number of benzene rings is 2. The Morgan fingerprint density at radius 2 is 1.56 bits per heavy atom. The van der Waals surface area contributed by atoms with E-state index >= 15 is 0 Å². The maximum atomic E-state index is 5.93. The van der Waals surface area contributed by atoms with Gasteiger partial charge in [0.15, 0.2) is 0 Å². The minimum absolute atomic E-state index is 0.418. The van der Waals surface area contributed by atoms with Gasteiger partial charge in [-0.3, -0.25) is 0 Å². The summed E-state index contributed by atoms with van der Waals surface area (Å²) >= 11 is 6.35. The molecule has 3 aromatic rings. The van der Waals surface area contributed by atoms with Crippen molar-refractivity contribution >= 4 is 35.8 Å². The average molecular weight is 320 g/mol. The Morgan fingerprint density at radius 3 is 2.28 bits per heavy atom. The van der Waals surface area contributed by atoms with Gasteiger partial charge in [-0.1, -0.05) is 0 Å². The fourth-order valence-corrected chi connectivity index (χ4v) is 4.59. The van der Waals surface area contributed by atoms with Crippen LogP contribution in [0.1, 0.15) is 11.1 Å². The van der Waals surface area contributed by atoms with Crippen LogP contribution in [0.25, 0.3) is 19.6 Å². The molecule has 90 valence electrons. The molecule has 1 heterocycles. The van der Waals surface area contributed by atoms with Gasteiger partial charge in [0, 0.05) is 0 Å². The van der Waals surface area contributed by atoms with Crippen LogP contribution in [0, 0.1) is 13.8 Å². The number of halogens is 1. The average Bonchev–Trinajstić information content (AvgIpc) is 2.73. The first-order valence-corrected chi connectivity index (χ1v) is 7.99. The number of hydrogen-bond acceptors (Lipinski definition) is 0. The van der Waals surface area contributed by atoms with Crippen LogP contribution in [0.5, 0.6) is 0 Å². The van der Waals surface area contributed by atoms with Crippen LogP contribution in [0.2, 0.25) is 5.02 Å². The van der Waals surface area contributed by atoms with Gasteiger partial charge in [0.2, 0.25) is 0 Å². The van der Waals surface area contributed by atoms with Crippen LogP contribution in [0.4, 0.5) is 0 Å². The van der Waals surface area contributed by atoms with Gasteiger partial charge in [-0.2, -0.15) is 0 Å². The van der Waals surface area contributed by atoms with Crippen molar-refractivity contribution in [1.29, 1.82) is 0 Å². The Labute approximate surface area is 118 Å². The molecule has 0 spiro atoms. The summed E-state index contributed by atoms with van der Waals surface area (Å²) in [6, 6.07) is 15.1. The van der Waals surface area contributed by atoms with E-state index in [0.29, 0.717) is 14.5 Å². The molecule has 0 N–H and O–H groups in total. The van der Waals surface area contributed by atoms with E-state index in [-0.39, 0.29) is 0 Å². The first kappa shape index (κ1) is 12.0. The monoisotopic (exact) mass is 320 g/mol. The molecule has 18 heavy (non-hydrogen) atoms. The molecular formula is C16H13ClSe. The van der Waals surface area contributed by atoms with E-state index in [4.69, 9.17) is 11.6 Å². The summed E-state index contributed by atoms with van der Waals surface area (Å²) in [6.07, 6.45) is 0. The van der Waals surface area contributed by atoms with E-state index in [1.165, 1.54) is 30.8 Å². The van der Waals surface area contributed by atoms with Crippen LogP contribution in [0.3, 0.4) is 0 Å². The second-order valence-electron chi connectivity index (χ2n) is 4.59. The van der Waals surface area contributed by atoms with Gasteiger partial charge in [0.25, 0.3) is 0 Å². The fraction of sp³-hybridized carbons (Fsp3) is 0.125. The summed E-state index contributed by atoms with van der Waals surface area (Å²) in [4.78, 5) is 0. The molecule has 2 aromatic carbocycles. The minimum atomic E-state index is 0.418. The predicted molar refractivity (Wildman–Crippen MR) is 80.8 cm³/mol. The Balaban J connectivity index is 2.16. The third-order valence-corrected chi connectivity index (χ3v) is 5.92. The van der Waals surface area contributed by atoms with Crippen molar-refractivity contribution in [3.05, 3.63) is 58.6 Å². The third kappa shape index (κ3) is 2.14. The van der Waals surface area contributed by atoms with Gasteiger partial charge in [-0.25, -0.2) is 0 Å². The summed E-state index contributed by atoms with van der Waals surface area (Å²) in [5.74, 6) is 0. The van der Waals surface area contributed by atoms with Gasteiger partial charge < -0.3 is 0 Å². The van der Waals surface area contributed by atoms with Gasteiger partial charge >= 0.3 is 118 Å². The normalized spacial score (nSPS) is 11.1. The van der Waals surface area contributed by atoms with Crippen LogP contribution < -0.4 is 0 Å². The van der Waals surface area contributed by atoms with E-state index in [1.54, 1.807) is 0 Å². The quantitative estimate of drug-likeness (QED) is 0.563. The zero-order chi connectivity index (χ0) is 12.7. The summed E-state index contributed by atoms with van der Waals surface area (Å²) in [5.41, 5.74) is 4.06. The Hall–Kier alpha value is -1.01. The van der Waals surface area contributed by atoms with Crippen LogP contribution in [-0.4, -0.2) is 14.5 Å². The van der Waals surface area contributed by atoms with E-state index in [0.717, 1.165) is 5.02 Å². The number of fused-ring (bicyclic) bond motifs is 1. The van der Waals surface area contributed by atoms with Gasteiger partial charge in [0.05, 0.1) is 0 Å². The molecule has 0 radical (unpaired) electrons. The maximum absolute atomic E-state index is 5.93. The van der Waals surface area contributed by atoms with Crippen molar-refractivity contribution in [3.8, 4) is 10.0 Å². The Morgan fingerprint density at radius 1 is 0.889 bits per heavy atom. The third-order valence-electron chi connectivity index (χ3n) is 3.26. The van der Waals surface area contributed by atoms with Crippen LogP contribution in [-0.2, 0) is 0 Å². The molecule has 0 saturated carbocycles. The second-order valence-corrected chi connectivity index (χ2v) is 7.30. The molecule has 3 rings (SSSR count). The van der Waals surface area contributed by atoms with Gasteiger partial charge in [-0.15, -0.1) is 0 Å². The molecule has 0 aliphatic carbocycles. The zero-order valence-electron chi connectivity index (χ0n) is 10.3. The molecule has 1 aromatic heterocycles. The molecule has 0 nitrogen and oxygen atoms in total. The summed E-state index contributed by atoms with van der Waals surface area (Å²) < 4.78 is 2.94. The zero-order valence-corrected chi connectivity index (χ0v) is 12.8. The topological polar surface area (TPSA) is 0 Å².